The van der Waals surface area contributed by atoms with Gasteiger partial charge in [-0.05, 0) is 18.1 Å². The second-order valence-corrected chi connectivity index (χ2v) is 5.74. The van der Waals surface area contributed by atoms with Crippen molar-refractivity contribution in [3.8, 4) is 0 Å². The van der Waals surface area contributed by atoms with Crippen molar-refractivity contribution in [2.75, 3.05) is 6.61 Å². The molecule has 1 aromatic rings. The minimum absolute atomic E-state index is 0.0143. The Morgan fingerprint density at radius 3 is 2.56 bits per heavy atom. The Bertz CT molecular complexity index is 445. The molecule has 0 heterocycles. The lowest BCUT2D eigenvalue weighted by Crippen LogP contribution is -2.26. The molecule has 0 aliphatic rings. The summed E-state index contributed by atoms with van der Waals surface area (Å²) in [6.07, 6.45) is 0. The summed E-state index contributed by atoms with van der Waals surface area (Å²) in [7, 11) is -3.69. The van der Waals surface area contributed by atoms with Gasteiger partial charge in [0.15, 0.2) is 0 Å². The summed E-state index contributed by atoms with van der Waals surface area (Å²) in [5, 5.41) is 0.170. The van der Waals surface area contributed by atoms with Gasteiger partial charge in [0, 0.05) is 0 Å². The van der Waals surface area contributed by atoms with E-state index in [1.807, 2.05) is 18.7 Å². The fourth-order valence-electron chi connectivity index (χ4n) is 0.986. The van der Waals surface area contributed by atoms with E-state index < -0.39 is 10.0 Å². The predicted molar refractivity (Wildman–Crippen MR) is 62.6 cm³/mol. The van der Waals surface area contributed by atoms with Crippen molar-refractivity contribution in [2.45, 2.75) is 18.7 Å². The number of halogens is 1. The van der Waals surface area contributed by atoms with Crippen molar-refractivity contribution < 1.29 is 13.3 Å². The van der Waals surface area contributed by atoms with Crippen molar-refractivity contribution in [1.29, 1.82) is 0 Å². The maximum absolute atomic E-state index is 11.7. The second-order valence-electron chi connectivity index (χ2n) is 3.72. The molecule has 1 rings (SSSR count). The molecule has 0 fully saturated rings. The van der Waals surface area contributed by atoms with Gasteiger partial charge in [-0.3, -0.25) is 4.84 Å². The van der Waals surface area contributed by atoms with Gasteiger partial charge < -0.3 is 0 Å². The van der Waals surface area contributed by atoms with E-state index in [2.05, 4.69) is 0 Å². The van der Waals surface area contributed by atoms with E-state index >= 15 is 0 Å². The Kier molecular flexibility index (Phi) is 4.73. The number of sulfonamides is 1. The van der Waals surface area contributed by atoms with Crippen molar-refractivity contribution in [3.05, 3.63) is 29.3 Å². The van der Waals surface area contributed by atoms with E-state index in [1.165, 1.54) is 12.1 Å². The summed E-state index contributed by atoms with van der Waals surface area (Å²) < 4.78 is 23.4. The van der Waals surface area contributed by atoms with Gasteiger partial charge in [0.25, 0.3) is 10.0 Å². The van der Waals surface area contributed by atoms with Gasteiger partial charge in [-0.25, -0.2) is 8.42 Å². The molecule has 0 saturated carbocycles. The second kappa shape index (κ2) is 5.63. The average Bonchev–Trinajstić information content (AvgIpc) is 2.17. The number of nitrogens with one attached hydrogen (secondary N) is 1. The largest absolute Gasteiger partial charge is 0.287 e. The van der Waals surface area contributed by atoms with Gasteiger partial charge >= 0.3 is 0 Å². The summed E-state index contributed by atoms with van der Waals surface area (Å²) in [5.41, 5.74) is 0. The Labute approximate surface area is 101 Å². The Hall–Kier alpha value is -0.620. The first-order chi connectivity index (χ1) is 7.43. The molecule has 0 aromatic heterocycles. The lowest BCUT2D eigenvalue weighted by atomic mass is 10.2. The summed E-state index contributed by atoms with van der Waals surface area (Å²) in [6, 6.07) is 6.20. The summed E-state index contributed by atoms with van der Waals surface area (Å²) >= 11 is 5.78. The van der Waals surface area contributed by atoms with Crippen molar-refractivity contribution >= 4 is 21.6 Å². The first kappa shape index (κ1) is 13.4. The molecule has 0 unspecified atom stereocenters. The molecule has 4 nitrogen and oxygen atoms in total. The molecule has 0 amide bonds. The highest BCUT2D eigenvalue weighted by Gasteiger charge is 2.17. The van der Waals surface area contributed by atoms with Crippen molar-refractivity contribution in [2.24, 2.45) is 5.92 Å². The highest BCUT2D eigenvalue weighted by atomic mass is 35.5. The zero-order chi connectivity index (χ0) is 12.2. The van der Waals surface area contributed by atoms with E-state index in [4.69, 9.17) is 16.4 Å². The molecule has 90 valence electrons. The van der Waals surface area contributed by atoms with Crippen LogP contribution in [0.3, 0.4) is 0 Å². The molecule has 0 spiro atoms. The molecule has 0 bridgehead atoms. The van der Waals surface area contributed by atoms with Crippen molar-refractivity contribution in [3.63, 3.8) is 0 Å². The topological polar surface area (TPSA) is 55.4 Å². The summed E-state index contributed by atoms with van der Waals surface area (Å²) in [5.74, 6) is 0.244. The standard InChI is InChI=1S/C10H14ClNO3S/c1-8(2)7-15-12-16(13,14)10-6-4-3-5-9(10)11/h3-6,8,12H,7H2,1-2H3. The van der Waals surface area contributed by atoms with Crippen LogP contribution >= 0.6 is 11.6 Å². The Balaban J connectivity index is 2.75. The van der Waals surface area contributed by atoms with Gasteiger partial charge in [-0.2, -0.15) is 0 Å². The van der Waals surface area contributed by atoms with E-state index in [0.717, 1.165) is 0 Å². The number of hydrogen-bond donors (Lipinski definition) is 1. The highest BCUT2D eigenvalue weighted by molar-refractivity contribution is 7.89. The molecular weight excluding hydrogens is 250 g/mol. The molecule has 0 saturated heterocycles. The average molecular weight is 264 g/mol. The van der Waals surface area contributed by atoms with E-state index in [0.29, 0.717) is 6.61 Å². The molecule has 0 aliphatic heterocycles. The fraction of sp³-hybridized carbons (Fsp3) is 0.400. The molecule has 1 N–H and O–H groups in total. The SMILES string of the molecule is CC(C)CONS(=O)(=O)c1ccccc1Cl. The maximum Gasteiger partial charge on any atom is 0.263 e. The van der Waals surface area contributed by atoms with Crippen LogP contribution in [0.5, 0.6) is 0 Å². The molecular formula is C10H14ClNO3S. The number of hydrogen-bond acceptors (Lipinski definition) is 3. The van der Waals surface area contributed by atoms with Crippen LogP contribution in [0, 0.1) is 5.92 Å². The molecule has 6 heteroatoms. The zero-order valence-corrected chi connectivity index (χ0v) is 10.7. The monoisotopic (exact) mass is 263 g/mol. The van der Waals surface area contributed by atoms with Gasteiger partial charge in [0.05, 0.1) is 11.6 Å². The number of benzene rings is 1. The summed E-state index contributed by atoms with van der Waals surface area (Å²) in [6.45, 7) is 4.15. The Morgan fingerprint density at radius 2 is 2.00 bits per heavy atom. The van der Waals surface area contributed by atoms with Crippen LogP contribution in [-0.4, -0.2) is 15.0 Å². The van der Waals surface area contributed by atoms with Crippen LogP contribution < -0.4 is 4.89 Å². The molecule has 0 aliphatic carbocycles. The van der Waals surface area contributed by atoms with Crippen LogP contribution in [0.4, 0.5) is 0 Å². The number of rotatable bonds is 5. The van der Waals surface area contributed by atoms with Crippen LogP contribution in [-0.2, 0) is 14.9 Å². The highest BCUT2D eigenvalue weighted by Crippen LogP contribution is 2.19. The van der Waals surface area contributed by atoms with Gasteiger partial charge in [-0.1, -0.05) is 42.5 Å². The predicted octanol–water partition coefficient (Wildman–Crippen LogP) is 2.21. The zero-order valence-electron chi connectivity index (χ0n) is 9.10. The molecule has 0 atom stereocenters. The quantitative estimate of drug-likeness (QED) is 0.829. The molecule has 16 heavy (non-hydrogen) atoms. The van der Waals surface area contributed by atoms with E-state index in [-0.39, 0.29) is 15.8 Å². The van der Waals surface area contributed by atoms with Gasteiger partial charge in [0.2, 0.25) is 0 Å². The van der Waals surface area contributed by atoms with Gasteiger partial charge in [0.1, 0.15) is 4.90 Å². The first-order valence-electron chi connectivity index (χ1n) is 4.81. The van der Waals surface area contributed by atoms with Crippen LogP contribution in [0.15, 0.2) is 29.2 Å². The van der Waals surface area contributed by atoms with E-state index in [1.54, 1.807) is 12.1 Å². The Morgan fingerprint density at radius 1 is 1.38 bits per heavy atom. The molecule has 0 radical (unpaired) electrons. The van der Waals surface area contributed by atoms with Crippen molar-refractivity contribution in [1.82, 2.24) is 4.89 Å². The van der Waals surface area contributed by atoms with Gasteiger partial charge in [-0.15, -0.1) is 0 Å². The normalized spacial score (nSPS) is 12.0. The maximum atomic E-state index is 11.7. The van der Waals surface area contributed by atoms with Crippen LogP contribution in [0.2, 0.25) is 5.02 Å². The van der Waals surface area contributed by atoms with E-state index in [9.17, 15) is 8.42 Å². The molecule has 1 aromatic carbocycles. The smallest absolute Gasteiger partial charge is 0.263 e. The third-order valence-corrected chi connectivity index (χ3v) is 3.43. The minimum Gasteiger partial charge on any atom is -0.287 e. The van der Waals surface area contributed by atoms with Crippen LogP contribution in [0.1, 0.15) is 13.8 Å². The lowest BCUT2D eigenvalue weighted by molar-refractivity contribution is 0.0719. The van der Waals surface area contributed by atoms with Crippen LogP contribution in [0.25, 0.3) is 0 Å². The summed E-state index contributed by atoms with van der Waals surface area (Å²) in [4.78, 5) is 6.92. The fourth-order valence-corrected chi connectivity index (χ4v) is 2.32. The third kappa shape index (κ3) is 3.75. The third-order valence-electron chi connectivity index (χ3n) is 1.71. The lowest BCUT2D eigenvalue weighted by Gasteiger charge is -2.09. The minimum atomic E-state index is -3.69. The first-order valence-corrected chi connectivity index (χ1v) is 6.67.